The van der Waals surface area contributed by atoms with E-state index in [2.05, 4.69) is 26.1 Å². The maximum atomic E-state index is 6.10. The predicted octanol–water partition coefficient (Wildman–Crippen LogP) is 5.88. The molecule has 0 spiro atoms. The van der Waals surface area contributed by atoms with Crippen molar-refractivity contribution in [2.75, 3.05) is 5.32 Å². The van der Waals surface area contributed by atoms with E-state index in [4.69, 9.17) is 34.8 Å². The fourth-order valence-corrected chi connectivity index (χ4v) is 2.16. The van der Waals surface area contributed by atoms with E-state index in [9.17, 15) is 0 Å². The number of nitrogens with one attached hydrogen (secondary N) is 1. The van der Waals surface area contributed by atoms with E-state index >= 15 is 0 Å². The highest BCUT2D eigenvalue weighted by atomic mass is 35.5. The van der Waals surface area contributed by atoms with Crippen LogP contribution < -0.4 is 5.32 Å². The van der Waals surface area contributed by atoms with Crippen LogP contribution in [0.2, 0.25) is 15.1 Å². The van der Waals surface area contributed by atoms with E-state index in [1.165, 1.54) is 6.42 Å². The van der Waals surface area contributed by atoms with Crippen molar-refractivity contribution in [1.82, 2.24) is 0 Å². The summed E-state index contributed by atoms with van der Waals surface area (Å²) >= 11 is 17.9. The molecular weight excluding hydrogens is 277 g/mol. The van der Waals surface area contributed by atoms with Crippen molar-refractivity contribution in [1.29, 1.82) is 0 Å². The molecule has 0 aliphatic rings. The molecule has 0 saturated carbocycles. The molecule has 0 aliphatic heterocycles. The Bertz CT molecular complexity index is 377. The van der Waals surface area contributed by atoms with Crippen LogP contribution in [0.15, 0.2) is 12.1 Å². The summed E-state index contributed by atoms with van der Waals surface area (Å²) in [6.07, 6.45) is 2.29. The molecule has 96 valence electrons. The van der Waals surface area contributed by atoms with Gasteiger partial charge in [0, 0.05) is 6.04 Å². The van der Waals surface area contributed by atoms with E-state index < -0.39 is 0 Å². The Morgan fingerprint density at radius 1 is 0.941 bits per heavy atom. The summed E-state index contributed by atoms with van der Waals surface area (Å²) in [6, 6.07) is 3.81. The van der Waals surface area contributed by atoms with Gasteiger partial charge in [-0.15, -0.1) is 0 Å². The van der Waals surface area contributed by atoms with Crippen molar-refractivity contribution in [2.24, 2.45) is 5.92 Å². The van der Waals surface area contributed by atoms with Crippen LogP contribution in [0.4, 0.5) is 5.69 Å². The van der Waals surface area contributed by atoms with Crippen LogP contribution in [-0.2, 0) is 0 Å². The summed E-state index contributed by atoms with van der Waals surface area (Å²) in [5.41, 5.74) is 0.845. The van der Waals surface area contributed by atoms with Gasteiger partial charge in [-0.05, 0) is 37.8 Å². The number of benzene rings is 1. The normalized spacial score (nSPS) is 12.9. The van der Waals surface area contributed by atoms with Gasteiger partial charge in [-0.1, -0.05) is 48.7 Å². The lowest BCUT2D eigenvalue weighted by molar-refractivity contribution is 0.528. The zero-order chi connectivity index (χ0) is 13.0. The monoisotopic (exact) mass is 293 g/mol. The molecule has 1 unspecified atom stereocenters. The molecule has 0 radical (unpaired) electrons. The number of halogens is 3. The highest BCUT2D eigenvalue weighted by Gasteiger charge is 2.09. The summed E-state index contributed by atoms with van der Waals surface area (Å²) in [4.78, 5) is 0. The lowest BCUT2D eigenvalue weighted by Gasteiger charge is -2.17. The van der Waals surface area contributed by atoms with Crippen LogP contribution in [0.25, 0.3) is 0 Å². The first kappa shape index (κ1) is 14.9. The molecule has 0 aliphatic carbocycles. The second-order valence-electron chi connectivity index (χ2n) is 4.76. The molecule has 1 N–H and O–H groups in total. The first-order chi connectivity index (χ1) is 7.90. The largest absolute Gasteiger partial charge is 0.381 e. The number of rotatable bonds is 5. The molecule has 0 heterocycles. The van der Waals surface area contributed by atoms with Crippen molar-refractivity contribution in [2.45, 2.75) is 39.7 Å². The van der Waals surface area contributed by atoms with Crippen molar-refractivity contribution in [3.05, 3.63) is 27.2 Å². The molecule has 0 saturated heterocycles. The summed E-state index contributed by atoms with van der Waals surface area (Å²) in [5.74, 6) is 0.712. The SMILES string of the molecule is CC(C)CCC(C)Nc1cc(Cl)c(Cl)cc1Cl. The van der Waals surface area contributed by atoms with Crippen molar-refractivity contribution in [3.8, 4) is 0 Å². The fraction of sp³-hybridized carbons (Fsp3) is 0.538. The molecule has 0 bridgehead atoms. The van der Waals surface area contributed by atoms with Gasteiger partial charge in [-0.2, -0.15) is 0 Å². The third kappa shape index (κ3) is 4.95. The molecule has 4 heteroatoms. The van der Waals surface area contributed by atoms with Gasteiger partial charge in [0.1, 0.15) is 0 Å². The fourth-order valence-electron chi connectivity index (χ4n) is 1.55. The van der Waals surface area contributed by atoms with Crippen LogP contribution in [-0.4, -0.2) is 6.04 Å². The van der Waals surface area contributed by atoms with Gasteiger partial charge in [0.15, 0.2) is 0 Å². The van der Waals surface area contributed by atoms with Gasteiger partial charge in [0.05, 0.1) is 20.8 Å². The zero-order valence-corrected chi connectivity index (χ0v) is 12.6. The molecule has 17 heavy (non-hydrogen) atoms. The van der Waals surface area contributed by atoms with E-state index in [0.29, 0.717) is 27.0 Å². The standard InChI is InChI=1S/C13H18Cl3N/c1-8(2)4-5-9(3)17-13-7-11(15)10(14)6-12(13)16/h6-9,17H,4-5H2,1-3H3. The number of anilines is 1. The Hall–Kier alpha value is -0.110. The Kier molecular flexibility index (Phi) is 5.91. The molecular formula is C13H18Cl3N. The molecule has 1 aromatic carbocycles. The maximum Gasteiger partial charge on any atom is 0.0653 e. The summed E-state index contributed by atoms with van der Waals surface area (Å²) in [7, 11) is 0. The minimum Gasteiger partial charge on any atom is -0.381 e. The maximum absolute atomic E-state index is 6.10. The molecule has 0 fully saturated rings. The smallest absolute Gasteiger partial charge is 0.0653 e. The number of hydrogen-bond donors (Lipinski definition) is 1. The van der Waals surface area contributed by atoms with Crippen molar-refractivity contribution < 1.29 is 0 Å². The molecule has 1 nitrogen and oxygen atoms in total. The first-order valence-electron chi connectivity index (χ1n) is 5.81. The van der Waals surface area contributed by atoms with Gasteiger partial charge in [0.2, 0.25) is 0 Å². The lowest BCUT2D eigenvalue weighted by atomic mass is 10.0. The van der Waals surface area contributed by atoms with Gasteiger partial charge < -0.3 is 5.32 Å². The highest BCUT2D eigenvalue weighted by molar-refractivity contribution is 6.44. The Morgan fingerprint density at radius 2 is 1.53 bits per heavy atom. The van der Waals surface area contributed by atoms with E-state index in [-0.39, 0.29) is 0 Å². The average Bonchev–Trinajstić information content (AvgIpc) is 2.23. The van der Waals surface area contributed by atoms with Gasteiger partial charge in [-0.25, -0.2) is 0 Å². The average molecular weight is 295 g/mol. The molecule has 1 atom stereocenters. The van der Waals surface area contributed by atoms with E-state index in [0.717, 1.165) is 12.1 Å². The Balaban J connectivity index is 2.65. The van der Waals surface area contributed by atoms with Gasteiger partial charge >= 0.3 is 0 Å². The second kappa shape index (κ2) is 6.72. The van der Waals surface area contributed by atoms with Crippen LogP contribution >= 0.6 is 34.8 Å². The number of hydrogen-bond acceptors (Lipinski definition) is 1. The molecule has 1 rings (SSSR count). The topological polar surface area (TPSA) is 12.0 Å². The van der Waals surface area contributed by atoms with Crippen LogP contribution in [0.1, 0.15) is 33.6 Å². The molecule has 0 aromatic heterocycles. The van der Waals surface area contributed by atoms with E-state index in [1.54, 1.807) is 12.1 Å². The van der Waals surface area contributed by atoms with Gasteiger partial charge in [0.25, 0.3) is 0 Å². The first-order valence-corrected chi connectivity index (χ1v) is 6.94. The lowest BCUT2D eigenvalue weighted by Crippen LogP contribution is -2.16. The van der Waals surface area contributed by atoms with Crippen molar-refractivity contribution in [3.63, 3.8) is 0 Å². The molecule has 0 amide bonds. The predicted molar refractivity (Wildman–Crippen MR) is 78.6 cm³/mol. The summed E-state index contributed by atoms with van der Waals surface area (Å²) in [6.45, 7) is 6.58. The zero-order valence-electron chi connectivity index (χ0n) is 10.4. The van der Waals surface area contributed by atoms with E-state index in [1.807, 2.05) is 0 Å². The summed E-state index contributed by atoms with van der Waals surface area (Å²) in [5, 5.41) is 4.97. The minimum atomic E-state index is 0.368. The third-order valence-corrected chi connectivity index (χ3v) is 3.62. The molecule has 1 aromatic rings. The minimum absolute atomic E-state index is 0.368. The Labute approximate surface area is 118 Å². The highest BCUT2D eigenvalue weighted by Crippen LogP contribution is 2.32. The van der Waals surface area contributed by atoms with Gasteiger partial charge in [-0.3, -0.25) is 0 Å². The van der Waals surface area contributed by atoms with Crippen LogP contribution in [0.3, 0.4) is 0 Å². The summed E-state index contributed by atoms with van der Waals surface area (Å²) < 4.78 is 0. The van der Waals surface area contributed by atoms with Crippen LogP contribution in [0, 0.1) is 5.92 Å². The third-order valence-electron chi connectivity index (χ3n) is 2.59. The van der Waals surface area contributed by atoms with Crippen LogP contribution in [0.5, 0.6) is 0 Å². The second-order valence-corrected chi connectivity index (χ2v) is 5.98. The quantitative estimate of drug-likeness (QED) is 0.668. The Morgan fingerprint density at radius 3 is 2.12 bits per heavy atom. The van der Waals surface area contributed by atoms with Crippen molar-refractivity contribution >= 4 is 40.5 Å².